The van der Waals surface area contributed by atoms with Crippen molar-refractivity contribution in [3.05, 3.63) is 18.0 Å². The molecule has 0 aromatic carbocycles. The van der Waals surface area contributed by atoms with Gasteiger partial charge < -0.3 is 19.1 Å². The van der Waals surface area contributed by atoms with Crippen molar-refractivity contribution in [2.45, 2.75) is 37.4 Å². The van der Waals surface area contributed by atoms with Gasteiger partial charge >= 0.3 is 0 Å². The highest BCUT2D eigenvalue weighted by atomic mass is 16.6. The summed E-state index contributed by atoms with van der Waals surface area (Å²) in [5.41, 5.74) is 0.419. The highest BCUT2D eigenvalue weighted by molar-refractivity contribution is 5.94. The van der Waals surface area contributed by atoms with Gasteiger partial charge in [0.1, 0.15) is 0 Å². The lowest BCUT2D eigenvalue weighted by Crippen LogP contribution is -2.36. The molecule has 25 heavy (non-hydrogen) atoms. The number of rotatable bonds is 4. The molecule has 0 radical (unpaired) electrons. The Bertz CT molecular complexity index is 613. The summed E-state index contributed by atoms with van der Waals surface area (Å²) in [6, 6.07) is 0. The molecule has 2 atom stereocenters. The maximum Gasteiger partial charge on any atom is 0.257 e. The molecule has 3 aliphatic heterocycles. The Balaban J connectivity index is 1.28. The van der Waals surface area contributed by atoms with E-state index >= 15 is 0 Å². The zero-order valence-corrected chi connectivity index (χ0v) is 14.9. The summed E-state index contributed by atoms with van der Waals surface area (Å²) in [6.45, 7) is 4.53. The van der Waals surface area contributed by atoms with Crippen molar-refractivity contribution in [3.63, 3.8) is 0 Å². The number of carbonyl (C=O) groups is 1. The van der Waals surface area contributed by atoms with E-state index in [-0.39, 0.29) is 17.6 Å². The summed E-state index contributed by atoms with van der Waals surface area (Å²) in [4.78, 5) is 14.5. The van der Waals surface area contributed by atoms with Gasteiger partial charge in [-0.1, -0.05) is 0 Å². The van der Waals surface area contributed by atoms with Gasteiger partial charge in [0.25, 0.3) is 5.91 Å². The monoisotopic (exact) mass is 349 g/mol. The Morgan fingerprint density at radius 3 is 3.04 bits per heavy atom. The van der Waals surface area contributed by atoms with Gasteiger partial charge in [0, 0.05) is 39.4 Å². The molecule has 1 amide bonds. The molecule has 1 aromatic rings. The molecule has 1 spiro atoms. The van der Waals surface area contributed by atoms with E-state index in [1.165, 1.54) is 0 Å². The van der Waals surface area contributed by atoms with Crippen molar-refractivity contribution >= 4 is 5.91 Å². The second-order valence-corrected chi connectivity index (χ2v) is 7.59. The fourth-order valence-electron chi connectivity index (χ4n) is 4.11. The van der Waals surface area contributed by atoms with Gasteiger partial charge in [0.2, 0.25) is 0 Å². The third kappa shape index (κ3) is 3.73. The van der Waals surface area contributed by atoms with Gasteiger partial charge in [-0.15, -0.1) is 0 Å². The first kappa shape index (κ1) is 17.0. The van der Waals surface area contributed by atoms with Crippen LogP contribution in [0.1, 0.15) is 36.0 Å². The molecule has 0 N–H and O–H groups in total. The summed E-state index contributed by atoms with van der Waals surface area (Å²) in [5, 5.41) is 4.09. The van der Waals surface area contributed by atoms with E-state index in [2.05, 4.69) is 5.10 Å². The average Bonchev–Trinajstić information content (AvgIpc) is 3.35. The topological polar surface area (TPSA) is 65.8 Å². The van der Waals surface area contributed by atoms with Gasteiger partial charge in [-0.25, -0.2) is 0 Å². The summed E-state index contributed by atoms with van der Waals surface area (Å²) >= 11 is 0. The predicted molar refractivity (Wildman–Crippen MR) is 90.3 cm³/mol. The van der Waals surface area contributed by atoms with E-state index in [0.717, 1.165) is 52.0 Å². The summed E-state index contributed by atoms with van der Waals surface area (Å²) in [6.07, 6.45) is 7.49. The summed E-state index contributed by atoms with van der Waals surface area (Å²) in [7, 11) is 1.82. The van der Waals surface area contributed by atoms with Crippen molar-refractivity contribution < 1.29 is 19.0 Å². The zero-order chi connectivity index (χ0) is 17.3. The van der Waals surface area contributed by atoms with Crippen LogP contribution in [0.15, 0.2) is 12.4 Å². The van der Waals surface area contributed by atoms with Crippen LogP contribution in [0.4, 0.5) is 0 Å². The summed E-state index contributed by atoms with van der Waals surface area (Å²) in [5.74, 6) is 0.651. The van der Waals surface area contributed by atoms with Crippen LogP contribution in [0.3, 0.4) is 0 Å². The molecule has 0 unspecified atom stereocenters. The molecule has 7 heteroatoms. The minimum absolute atomic E-state index is 0.0418. The zero-order valence-electron chi connectivity index (χ0n) is 14.9. The number of carbonyl (C=O) groups excluding carboxylic acids is 1. The standard InChI is InChI=1S/C18H27N3O4/c1-20-10-15(9-19-20)17(22)21-5-4-18(13-21)8-16(12-25-18)24-11-14-2-6-23-7-3-14/h9-10,14,16H,2-8,11-13H2,1H3/t16-,18+/m1/s1. The smallest absolute Gasteiger partial charge is 0.257 e. The number of hydrogen-bond acceptors (Lipinski definition) is 5. The van der Waals surface area contributed by atoms with Crippen molar-refractivity contribution in [1.29, 1.82) is 0 Å². The third-order valence-electron chi connectivity index (χ3n) is 5.64. The molecule has 1 aromatic heterocycles. The molecular formula is C18H27N3O4. The number of hydrogen-bond donors (Lipinski definition) is 0. The molecule has 0 aliphatic carbocycles. The quantitative estimate of drug-likeness (QED) is 0.818. The number of ether oxygens (including phenoxy) is 3. The highest BCUT2D eigenvalue weighted by Gasteiger charge is 2.47. The van der Waals surface area contributed by atoms with Crippen LogP contribution in [-0.4, -0.2) is 71.8 Å². The molecule has 138 valence electrons. The first-order valence-electron chi connectivity index (χ1n) is 9.25. The first-order valence-corrected chi connectivity index (χ1v) is 9.25. The largest absolute Gasteiger partial charge is 0.381 e. The lowest BCUT2D eigenvalue weighted by Gasteiger charge is -2.24. The van der Waals surface area contributed by atoms with Crippen molar-refractivity contribution in [2.24, 2.45) is 13.0 Å². The Labute approximate surface area is 148 Å². The summed E-state index contributed by atoms with van der Waals surface area (Å²) < 4.78 is 19.3. The van der Waals surface area contributed by atoms with E-state index in [9.17, 15) is 4.79 Å². The molecule has 3 aliphatic rings. The molecular weight excluding hydrogens is 322 g/mol. The van der Waals surface area contributed by atoms with Crippen LogP contribution in [0, 0.1) is 5.92 Å². The Morgan fingerprint density at radius 2 is 2.28 bits per heavy atom. The van der Waals surface area contributed by atoms with Gasteiger partial charge in [0.05, 0.1) is 43.2 Å². The fourth-order valence-corrected chi connectivity index (χ4v) is 4.11. The third-order valence-corrected chi connectivity index (χ3v) is 5.64. The SMILES string of the molecule is Cn1cc(C(=O)N2CC[C@]3(C[C@@H](OCC4CCOCC4)CO3)C2)cn1. The maximum atomic E-state index is 12.6. The fraction of sp³-hybridized carbons (Fsp3) is 0.778. The van der Waals surface area contributed by atoms with Crippen molar-refractivity contribution in [1.82, 2.24) is 14.7 Å². The number of likely N-dealkylation sites (tertiary alicyclic amines) is 1. The lowest BCUT2D eigenvalue weighted by atomic mass is 9.98. The molecule has 7 nitrogen and oxygen atoms in total. The number of nitrogens with zero attached hydrogens (tertiary/aromatic N) is 3. The van der Waals surface area contributed by atoms with Crippen LogP contribution in [0.2, 0.25) is 0 Å². The van der Waals surface area contributed by atoms with E-state index in [0.29, 0.717) is 24.6 Å². The van der Waals surface area contributed by atoms with Crippen LogP contribution in [0.5, 0.6) is 0 Å². The number of amides is 1. The van der Waals surface area contributed by atoms with E-state index in [4.69, 9.17) is 14.2 Å². The van der Waals surface area contributed by atoms with Crippen LogP contribution < -0.4 is 0 Å². The molecule has 3 fully saturated rings. The maximum absolute atomic E-state index is 12.6. The second kappa shape index (κ2) is 7.05. The molecule has 0 saturated carbocycles. The first-order chi connectivity index (χ1) is 12.1. The van der Waals surface area contributed by atoms with Crippen LogP contribution >= 0.6 is 0 Å². The Morgan fingerprint density at radius 1 is 1.44 bits per heavy atom. The second-order valence-electron chi connectivity index (χ2n) is 7.59. The Kier molecular flexibility index (Phi) is 4.80. The van der Waals surface area contributed by atoms with Crippen molar-refractivity contribution in [3.8, 4) is 0 Å². The lowest BCUT2D eigenvalue weighted by molar-refractivity contribution is -0.0186. The minimum Gasteiger partial charge on any atom is -0.381 e. The number of aryl methyl sites for hydroxylation is 1. The van der Waals surface area contributed by atoms with Crippen molar-refractivity contribution in [2.75, 3.05) is 39.5 Å². The molecule has 4 heterocycles. The van der Waals surface area contributed by atoms with Gasteiger partial charge in [-0.2, -0.15) is 5.10 Å². The average molecular weight is 349 g/mol. The Hall–Kier alpha value is -1.44. The molecule has 4 rings (SSSR count). The van der Waals surface area contributed by atoms with E-state index in [1.807, 2.05) is 11.9 Å². The van der Waals surface area contributed by atoms with Gasteiger partial charge in [0.15, 0.2) is 0 Å². The van der Waals surface area contributed by atoms with E-state index < -0.39 is 0 Å². The molecule has 0 bridgehead atoms. The predicted octanol–water partition coefficient (Wildman–Crippen LogP) is 1.24. The highest BCUT2D eigenvalue weighted by Crippen LogP contribution is 2.37. The van der Waals surface area contributed by atoms with Gasteiger partial charge in [-0.3, -0.25) is 9.48 Å². The molecule has 3 saturated heterocycles. The van der Waals surface area contributed by atoms with E-state index in [1.54, 1.807) is 17.1 Å². The normalized spacial score (nSPS) is 30.4. The van der Waals surface area contributed by atoms with Gasteiger partial charge in [-0.05, 0) is 25.2 Å². The van der Waals surface area contributed by atoms with Crippen LogP contribution in [-0.2, 0) is 21.3 Å². The number of aromatic nitrogens is 2. The minimum atomic E-state index is -0.224. The van der Waals surface area contributed by atoms with Crippen LogP contribution in [0.25, 0.3) is 0 Å².